The summed E-state index contributed by atoms with van der Waals surface area (Å²) in [7, 11) is 0.787. The van der Waals surface area contributed by atoms with E-state index in [1.807, 2.05) is 20.8 Å². The Morgan fingerprint density at radius 2 is 1.77 bits per heavy atom. The maximum absolute atomic E-state index is 12.4. The van der Waals surface area contributed by atoms with Crippen molar-refractivity contribution in [1.29, 1.82) is 0 Å². The highest BCUT2D eigenvalue weighted by Crippen LogP contribution is 2.34. The molecule has 0 bridgehead atoms. The maximum Gasteiger partial charge on any atom is 0.338 e. The molecule has 148 valence electrons. The lowest BCUT2D eigenvalue weighted by Crippen LogP contribution is -2.25. The van der Waals surface area contributed by atoms with Gasteiger partial charge < -0.3 is 14.2 Å². The highest BCUT2D eigenvalue weighted by Gasteiger charge is 2.21. The van der Waals surface area contributed by atoms with Crippen molar-refractivity contribution in [2.24, 2.45) is 0 Å². The van der Waals surface area contributed by atoms with Crippen LogP contribution in [-0.4, -0.2) is 55.8 Å². The van der Waals surface area contributed by atoms with Gasteiger partial charge in [0.05, 0.1) is 30.2 Å². The lowest BCUT2D eigenvalue weighted by molar-refractivity contribution is -0.153. The number of methoxy groups -OCH3 is 1. The predicted molar refractivity (Wildman–Crippen MR) is 111 cm³/mol. The zero-order valence-electron chi connectivity index (χ0n) is 16.6. The molecule has 0 N–H and O–H groups in total. The van der Waals surface area contributed by atoms with Gasteiger partial charge in [0.2, 0.25) is 0 Å². The van der Waals surface area contributed by atoms with Crippen molar-refractivity contribution in [2.45, 2.75) is 32.8 Å². The van der Waals surface area contributed by atoms with E-state index in [-0.39, 0.29) is 12.4 Å². The van der Waals surface area contributed by atoms with Gasteiger partial charge in [-0.1, -0.05) is 0 Å². The third-order valence-corrected chi connectivity index (χ3v) is 5.22. The molecule has 5 nitrogen and oxygen atoms in total. The second kappa shape index (κ2) is 9.13. The molecule has 0 aliphatic carbocycles. The van der Waals surface area contributed by atoms with Gasteiger partial charge >= 0.3 is 11.9 Å². The summed E-state index contributed by atoms with van der Waals surface area (Å²) in [6, 6.07) is 3.27. The summed E-state index contributed by atoms with van der Waals surface area (Å²) < 4.78 is 16.7. The number of carbonyl (C=O) groups is 2. The molecule has 0 aliphatic heterocycles. The molecule has 0 heterocycles. The number of ether oxygens (including phenoxy) is 3. The monoisotopic (exact) mass is 448 g/mol. The zero-order chi connectivity index (χ0) is 20.1. The van der Waals surface area contributed by atoms with Gasteiger partial charge in [0.25, 0.3) is 0 Å². The van der Waals surface area contributed by atoms with Crippen molar-refractivity contribution in [1.82, 2.24) is 0 Å². The molecule has 0 aliphatic rings. The molecule has 0 saturated carbocycles. The number of halogens is 1. The lowest BCUT2D eigenvalue weighted by atomic mass is 10.1. The first kappa shape index (κ1) is 22.8. The number of benzene rings is 1. The summed E-state index contributed by atoms with van der Waals surface area (Å²) >= 11 is 3.40. The fourth-order valence-corrected chi connectivity index (χ4v) is 3.38. The lowest BCUT2D eigenvalue weighted by Gasteiger charge is -2.24. The van der Waals surface area contributed by atoms with Gasteiger partial charge in [0.1, 0.15) is 11.4 Å². The first-order valence-electron chi connectivity index (χ1n) is 8.24. The second-order valence-electron chi connectivity index (χ2n) is 7.84. The van der Waals surface area contributed by atoms with Crippen molar-refractivity contribution < 1.29 is 23.8 Å². The molecular weight excluding hydrogens is 420 g/mol. The molecule has 1 aromatic rings. The van der Waals surface area contributed by atoms with Crippen LogP contribution in [-0.2, 0) is 20.7 Å². The van der Waals surface area contributed by atoms with Crippen molar-refractivity contribution in [2.75, 3.05) is 38.2 Å². The maximum atomic E-state index is 12.4. The van der Waals surface area contributed by atoms with E-state index in [1.165, 1.54) is 7.11 Å². The third kappa shape index (κ3) is 7.99. The Hall–Kier alpha value is -1.21. The number of carbonyl (C=O) groups excluding carboxylic acids is 2. The van der Waals surface area contributed by atoms with E-state index < -0.39 is 21.6 Å². The minimum Gasteiger partial charge on any atom is -0.495 e. The standard InChI is InChI=1S/C19H29BrO5S/c1-19(2,3)25-16(21)12-13-10-14(11-15(20)17(13)23-4)18(22)24-8-9-26(5,6)7/h10-11H,8-9,12H2,1-7H3. The molecule has 0 unspecified atom stereocenters. The Morgan fingerprint density at radius 3 is 2.27 bits per heavy atom. The summed E-state index contributed by atoms with van der Waals surface area (Å²) in [4.78, 5) is 24.5. The minimum absolute atomic E-state index is 0.00625. The number of hydrogen-bond acceptors (Lipinski definition) is 5. The topological polar surface area (TPSA) is 61.8 Å². The first-order valence-corrected chi connectivity index (χ1v) is 12.1. The first-order chi connectivity index (χ1) is 11.8. The zero-order valence-corrected chi connectivity index (χ0v) is 19.0. The molecule has 1 rings (SSSR count). The highest BCUT2D eigenvalue weighted by atomic mass is 79.9. The van der Waals surface area contributed by atoms with Crippen LogP contribution < -0.4 is 4.74 Å². The number of rotatable bonds is 7. The van der Waals surface area contributed by atoms with Crippen LogP contribution in [0.3, 0.4) is 0 Å². The molecule has 7 heteroatoms. The van der Waals surface area contributed by atoms with Gasteiger partial charge in [-0.05, 0) is 67.6 Å². The van der Waals surface area contributed by atoms with Crippen LogP contribution in [0, 0.1) is 0 Å². The smallest absolute Gasteiger partial charge is 0.338 e. The quantitative estimate of drug-likeness (QED) is 0.585. The summed E-state index contributed by atoms with van der Waals surface area (Å²) in [5.74, 6) is 0.555. The molecular formula is C19H29BrO5S. The van der Waals surface area contributed by atoms with Crippen molar-refractivity contribution in [3.05, 3.63) is 27.7 Å². The molecule has 0 atom stereocenters. The van der Waals surface area contributed by atoms with E-state index in [0.29, 0.717) is 28.0 Å². The normalized spacial score (nSPS) is 12.5. The Morgan fingerprint density at radius 1 is 1.15 bits per heavy atom. The van der Waals surface area contributed by atoms with Crippen molar-refractivity contribution in [3.8, 4) is 5.75 Å². The van der Waals surface area contributed by atoms with E-state index >= 15 is 0 Å². The van der Waals surface area contributed by atoms with Gasteiger partial charge in [-0.3, -0.25) is 4.79 Å². The largest absolute Gasteiger partial charge is 0.495 e. The second-order valence-corrected chi connectivity index (χ2v) is 13.3. The molecule has 0 fully saturated rings. The van der Waals surface area contributed by atoms with Crippen LogP contribution in [0.5, 0.6) is 5.75 Å². The fourth-order valence-electron chi connectivity index (χ4n) is 2.13. The van der Waals surface area contributed by atoms with E-state index in [4.69, 9.17) is 14.2 Å². The predicted octanol–water partition coefficient (Wildman–Crippen LogP) is 4.19. The molecule has 0 aromatic heterocycles. The van der Waals surface area contributed by atoms with Gasteiger partial charge in [0.15, 0.2) is 0 Å². The average Bonchev–Trinajstić information content (AvgIpc) is 2.43. The molecule has 1 aromatic carbocycles. The van der Waals surface area contributed by atoms with Gasteiger partial charge in [-0.15, -0.1) is 0 Å². The van der Waals surface area contributed by atoms with Crippen LogP contribution in [0.15, 0.2) is 16.6 Å². The van der Waals surface area contributed by atoms with E-state index in [1.54, 1.807) is 12.1 Å². The van der Waals surface area contributed by atoms with Gasteiger partial charge in [-0.25, -0.2) is 14.8 Å². The molecule has 26 heavy (non-hydrogen) atoms. The van der Waals surface area contributed by atoms with Crippen molar-refractivity contribution in [3.63, 3.8) is 0 Å². The van der Waals surface area contributed by atoms with Crippen molar-refractivity contribution >= 4 is 37.9 Å². The Kier molecular flexibility index (Phi) is 8.02. The third-order valence-electron chi connectivity index (χ3n) is 3.24. The van der Waals surface area contributed by atoms with Gasteiger partial charge in [-0.2, -0.15) is 0 Å². The summed E-state index contributed by atoms with van der Waals surface area (Å²) in [6.07, 6.45) is 6.52. The van der Waals surface area contributed by atoms with Crippen LogP contribution >= 0.6 is 26.0 Å². The number of esters is 2. The molecule has 0 saturated heterocycles. The van der Waals surface area contributed by atoms with Crippen LogP contribution in [0.1, 0.15) is 36.7 Å². The fraction of sp³-hybridized carbons (Fsp3) is 0.579. The molecule has 0 spiro atoms. The molecule has 0 amide bonds. The highest BCUT2D eigenvalue weighted by molar-refractivity contribution is 9.10. The Balaban J connectivity index is 2.97. The average molecular weight is 449 g/mol. The Labute approximate surface area is 166 Å². The summed E-state index contributed by atoms with van der Waals surface area (Å²) in [5.41, 5.74) is 0.373. The number of hydrogen-bond donors (Lipinski definition) is 0. The molecule has 0 radical (unpaired) electrons. The van der Waals surface area contributed by atoms with E-state index in [9.17, 15) is 9.59 Å². The van der Waals surface area contributed by atoms with Crippen LogP contribution in [0.25, 0.3) is 0 Å². The minimum atomic E-state index is -0.730. The van der Waals surface area contributed by atoms with Crippen LogP contribution in [0.4, 0.5) is 0 Å². The van der Waals surface area contributed by atoms with E-state index in [0.717, 1.165) is 5.75 Å². The summed E-state index contributed by atoms with van der Waals surface area (Å²) in [6.45, 7) is 5.80. The van der Waals surface area contributed by atoms with Gasteiger partial charge in [0, 0.05) is 11.3 Å². The SMILES string of the molecule is COc1c(Br)cc(C(=O)OCCS(C)(C)C)cc1CC(=O)OC(C)(C)C. The Bertz CT molecular complexity index is 659. The summed E-state index contributed by atoms with van der Waals surface area (Å²) in [5, 5.41) is 0. The van der Waals surface area contributed by atoms with E-state index in [2.05, 4.69) is 34.7 Å². The van der Waals surface area contributed by atoms with Crippen LogP contribution in [0.2, 0.25) is 0 Å².